The predicted octanol–water partition coefficient (Wildman–Crippen LogP) is 2.49. The van der Waals surface area contributed by atoms with E-state index in [4.69, 9.17) is 15.7 Å². The van der Waals surface area contributed by atoms with E-state index >= 15 is 0 Å². The summed E-state index contributed by atoms with van der Waals surface area (Å²) in [5, 5.41) is 11.1. The van der Waals surface area contributed by atoms with Gasteiger partial charge in [-0.1, -0.05) is 12.1 Å². The van der Waals surface area contributed by atoms with Gasteiger partial charge < -0.3 is 15.8 Å². The number of carbonyl (C=O) groups is 1. The summed E-state index contributed by atoms with van der Waals surface area (Å²) >= 11 is 0. The highest BCUT2D eigenvalue weighted by molar-refractivity contribution is 5.92. The topological polar surface area (TPSA) is 88.1 Å². The van der Waals surface area contributed by atoms with E-state index in [-0.39, 0.29) is 18.2 Å². The van der Waals surface area contributed by atoms with Crippen LogP contribution in [0.2, 0.25) is 0 Å². The number of nitrogen functional groups attached to an aromatic ring is 1. The second-order valence-electron chi connectivity index (χ2n) is 4.55. The minimum absolute atomic E-state index is 0.0354. The molecule has 112 valence electrons. The normalized spacial score (nSPS) is 9.82. The van der Waals surface area contributed by atoms with E-state index in [2.05, 4.69) is 5.32 Å². The van der Waals surface area contributed by atoms with E-state index < -0.39 is 5.82 Å². The number of nitrogens with zero attached hydrogens (tertiary/aromatic N) is 1. The number of carbonyl (C=O) groups excluding carboxylic acids is 1. The van der Waals surface area contributed by atoms with Gasteiger partial charge in [0.05, 0.1) is 18.2 Å². The Hall–Kier alpha value is -3.07. The van der Waals surface area contributed by atoms with E-state index in [1.165, 1.54) is 18.2 Å². The molecule has 2 rings (SSSR count). The second-order valence-corrected chi connectivity index (χ2v) is 4.55. The maximum atomic E-state index is 13.0. The van der Waals surface area contributed by atoms with Crippen LogP contribution in [0.15, 0.2) is 42.5 Å². The van der Waals surface area contributed by atoms with Gasteiger partial charge in [-0.25, -0.2) is 4.39 Å². The van der Waals surface area contributed by atoms with Gasteiger partial charge in [0.1, 0.15) is 11.6 Å². The number of hydrogen-bond acceptors (Lipinski definition) is 4. The number of amides is 1. The molecule has 0 aromatic heterocycles. The predicted molar refractivity (Wildman–Crippen MR) is 80.7 cm³/mol. The number of nitrogens with two attached hydrogens (primary N) is 1. The van der Waals surface area contributed by atoms with Crippen LogP contribution in [0.4, 0.5) is 15.8 Å². The Labute approximate surface area is 127 Å². The van der Waals surface area contributed by atoms with Crippen molar-refractivity contribution in [1.29, 1.82) is 5.26 Å². The zero-order valence-electron chi connectivity index (χ0n) is 11.7. The number of ether oxygens (including phenoxy) is 1. The third-order valence-corrected chi connectivity index (χ3v) is 2.86. The molecule has 1 amide bonds. The number of benzene rings is 2. The van der Waals surface area contributed by atoms with Gasteiger partial charge >= 0.3 is 0 Å². The fourth-order valence-corrected chi connectivity index (χ4v) is 1.76. The number of rotatable bonds is 5. The minimum atomic E-state index is -0.535. The number of nitriles is 1. The summed E-state index contributed by atoms with van der Waals surface area (Å²) in [5.41, 5.74) is 6.66. The molecule has 0 spiro atoms. The fraction of sp³-hybridized carbons (Fsp3) is 0.125. The summed E-state index contributed by atoms with van der Waals surface area (Å²) in [6.45, 7) is -0.186. The molecule has 0 saturated heterocycles. The van der Waals surface area contributed by atoms with Gasteiger partial charge in [-0.3, -0.25) is 4.79 Å². The molecule has 0 unspecified atom stereocenters. The van der Waals surface area contributed by atoms with E-state index in [9.17, 15) is 9.18 Å². The Kier molecular flexibility index (Phi) is 4.94. The summed E-state index contributed by atoms with van der Waals surface area (Å²) in [6.07, 6.45) is 0.326. The molecule has 0 atom stereocenters. The van der Waals surface area contributed by atoms with Crippen LogP contribution in [0.3, 0.4) is 0 Å². The van der Waals surface area contributed by atoms with E-state index in [1.54, 1.807) is 24.3 Å². The Balaban J connectivity index is 1.87. The first-order chi connectivity index (χ1) is 10.6. The lowest BCUT2D eigenvalue weighted by molar-refractivity contribution is -0.118. The van der Waals surface area contributed by atoms with Crippen molar-refractivity contribution in [3.63, 3.8) is 0 Å². The van der Waals surface area contributed by atoms with Crippen molar-refractivity contribution in [2.45, 2.75) is 6.42 Å². The lowest BCUT2D eigenvalue weighted by atomic mass is 10.2. The summed E-state index contributed by atoms with van der Waals surface area (Å²) in [7, 11) is 0. The van der Waals surface area contributed by atoms with E-state index in [1.807, 2.05) is 6.07 Å². The lowest BCUT2D eigenvalue weighted by Crippen LogP contribution is -2.20. The average Bonchev–Trinajstić information content (AvgIpc) is 2.51. The van der Waals surface area contributed by atoms with Crippen LogP contribution >= 0.6 is 0 Å². The van der Waals surface area contributed by atoms with Crippen LogP contribution in [-0.4, -0.2) is 12.5 Å². The van der Waals surface area contributed by atoms with Gasteiger partial charge in [0, 0.05) is 5.69 Å². The first kappa shape index (κ1) is 15.3. The molecule has 3 N–H and O–H groups in total. The molecular weight excluding hydrogens is 285 g/mol. The quantitative estimate of drug-likeness (QED) is 0.830. The first-order valence-electron chi connectivity index (χ1n) is 6.52. The molecule has 0 heterocycles. The lowest BCUT2D eigenvalue weighted by Gasteiger charge is -2.08. The molecule has 5 nitrogen and oxygen atoms in total. The zero-order chi connectivity index (χ0) is 15.9. The highest BCUT2D eigenvalue weighted by Crippen LogP contribution is 2.16. The number of hydrogen-bond donors (Lipinski definition) is 2. The van der Waals surface area contributed by atoms with Gasteiger partial charge in [-0.2, -0.15) is 5.26 Å². The summed E-state index contributed by atoms with van der Waals surface area (Å²) in [6, 6.07) is 12.9. The van der Waals surface area contributed by atoms with Crippen molar-refractivity contribution in [2.75, 3.05) is 17.7 Å². The van der Waals surface area contributed by atoms with Crippen LogP contribution in [0, 0.1) is 17.1 Å². The van der Waals surface area contributed by atoms with Crippen LogP contribution in [0.1, 0.15) is 5.56 Å². The van der Waals surface area contributed by atoms with Gasteiger partial charge in [0.2, 0.25) is 0 Å². The van der Waals surface area contributed by atoms with Crippen LogP contribution in [-0.2, 0) is 11.2 Å². The van der Waals surface area contributed by atoms with Gasteiger partial charge in [0.25, 0.3) is 5.91 Å². The van der Waals surface area contributed by atoms with Crippen LogP contribution in [0.25, 0.3) is 0 Å². The maximum Gasteiger partial charge on any atom is 0.262 e. The van der Waals surface area contributed by atoms with E-state index in [0.717, 1.165) is 5.56 Å². The van der Waals surface area contributed by atoms with Crippen molar-refractivity contribution in [2.24, 2.45) is 0 Å². The third kappa shape index (κ3) is 4.21. The number of anilines is 2. The van der Waals surface area contributed by atoms with Gasteiger partial charge in [-0.15, -0.1) is 0 Å². The molecular formula is C16H14FN3O2. The van der Waals surface area contributed by atoms with Crippen LogP contribution in [0.5, 0.6) is 5.75 Å². The zero-order valence-corrected chi connectivity index (χ0v) is 11.7. The summed E-state index contributed by atoms with van der Waals surface area (Å²) in [5.74, 6) is -0.394. The molecule has 6 heteroatoms. The molecule has 0 aliphatic carbocycles. The largest absolute Gasteiger partial charge is 0.484 e. The van der Waals surface area contributed by atoms with Crippen LogP contribution < -0.4 is 15.8 Å². The summed E-state index contributed by atoms with van der Waals surface area (Å²) < 4.78 is 18.3. The highest BCUT2D eigenvalue weighted by Gasteiger charge is 2.06. The maximum absolute atomic E-state index is 13.0. The molecule has 0 bridgehead atoms. The second kappa shape index (κ2) is 7.09. The van der Waals surface area contributed by atoms with Crippen molar-refractivity contribution in [3.8, 4) is 11.8 Å². The fourth-order valence-electron chi connectivity index (χ4n) is 1.76. The molecule has 0 aliphatic rings. The highest BCUT2D eigenvalue weighted by atomic mass is 19.1. The monoisotopic (exact) mass is 299 g/mol. The molecule has 0 fully saturated rings. The molecule has 2 aromatic rings. The van der Waals surface area contributed by atoms with Gasteiger partial charge in [-0.05, 0) is 35.9 Å². The summed E-state index contributed by atoms with van der Waals surface area (Å²) in [4.78, 5) is 11.7. The van der Waals surface area contributed by atoms with Crippen molar-refractivity contribution < 1.29 is 13.9 Å². The molecule has 2 aromatic carbocycles. The minimum Gasteiger partial charge on any atom is -0.484 e. The van der Waals surface area contributed by atoms with Crippen molar-refractivity contribution >= 4 is 17.3 Å². The SMILES string of the molecule is N#CCc1ccc(OCC(=O)Nc2ccc(F)c(N)c2)cc1. The third-order valence-electron chi connectivity index (χ3n) is 2.86. The number of nitrogens with one attached hydrogen (secondary N) is 1. The Morgan fingerprint density at radius 2 is 2.00 bits per heavy atom. The smallest absolute Gasteiger partial charge is 0.262 e. The average molecular weight is 299 g/mol. The van der Waals surface area contributed by atoms with E-state index in [0.29, 0.717) is 17.9 Å². The Bertz CT molecular complexity index is 708. The Morgan fingerprint density at radius 1 is 1.27 bits per heavy atom. The number of halogens is 1. The standard InChI is InChI=1S/C16H14FN3O2/c17-14-6-3-12(9-15(14)19)20-16(21)10-22-13-4-1-11(2-5-13)7-8-18/h1-6,9H,7,10,19H2,(H,20,21). The van der Waals surface area contributed by atoms with Crippen molar-refractivity contribution in [3.05, 3.63) is 53.8 Å². The molecule has 0 aliphatic heterocycles. The molecule has 0 radical (unpaired) electrons. The Morgan fingerprint density at radius 3 is 2.64 bits per heavy atom. The molecule has 0 saturated carbocycles. The van der Waals surface area contributed by atoms with Gasteiger partial charge in [0.15, 0.2) is 6.61 Å². The molecule has 22 heavy (non-hydrogen) atoms. The van der Waals surface area contributed by atoms with Crippen molar-refractivity contribution in [1.82, 2.24) is 0 Å². The first-order valence-corrected chi connectivity index (χ1v) is 6.52.